The number of carboxylic acids is 1. The molecule has 1 aliphatic rings. The van der Waals surface area contributed by atoms with Crippen molar-refractivity contribution in [3.63, 3.8) is 0 Å². The van der Waals surface area contributed by atoms with Crippen LogP contribution < -0.4 is 5.32 Å². The molecule has 0 radical (unpaired) electrons. The summed E-state index contributed by atoms with van der Waals surface area (Å²) in [4.78, 5) is 48.6. The Morgan fingerprint density at radius 2 is 1.93 bits per heavy atom. The van der Waals surface area contributed by atoms with Gasteiger partial charge in [-0.3, -0.25) is 24.6 Å². The van der Waals surface area contributed by atoms with Gasteiger partial charge in [0.05, 0.1) is 10.5 Å². The molecule has 1 aromatic heterocycles. The standard InChI is InChI=1S/C17H14N4O5S2/c1-2-13-19-20-16(28-13)18-12(22)8-21-14(23)11(27-17(21)26)7-9-3-5-10(6-4-9)15(24)25/h3-7H,2,8H2,1H3,(H,24,25)(H,18,20,22)/b11-7+. The molecule has 0 saturated carbocycles. The van der Waals surface area contributed by atoms with E-state index in [1.165, 1.54) is 41.7 Å². The third-order valence-electron chi connectivity index (χ3n) is 3.65. The van der Waals surface area contributed by atoms with E-state index >= 15 is 0 Å². The van der Waals surface area contributed by atoms with Crippen LogP contribution in [0.25, 0.3) is 6.08 Å². The van der Waals surface area contributed by atoms with Crippen LogP contribution in [-0.2, 0) is 16.0 Å². The van der Waals surface area contributed by atoms with Gasteiger partial charge in [0.2, 0.25) is 11.0 Å². The Bertz CT molecular complexity index is 984. The molecule has 9 nitrogen and oxygen atoms in total. The van der Waals surface area contributed by atoms with Crippen LogP contribution >= 0.6 is 23.1 Å². The minimum atomic E-state index is -1.06. The number of thioether (sulfide) groups is 1. The molecule has 28 heavy (non-hydrogen) atoms. The highest BCUT2D eigenvalue weighted by Gasteiger charge is 2.36. The summed E-state index contributed by atoms with van der Waals surface area (Å²) in [5, 5.41) is 19.6. The number of nitrogens with zero attached hydrogens (tertiary/aromatic N) is 3. The van der Waals surface area contributed by atoms with Crippen molar-refractivity contribution >= 4 is 57.3 Å². The number of anilines is 1. The highest BCUT2D eigenvalue weighted by molar-refractivity contribution is 8.18. The predicted octanol–water partition coefficient (Wildman–Crippen LogP) is 2.47. The second-order valence-corrected chi connectivity index (χ2v) is 7.65. The summed E-state index contributed by atoms with van der Waals surface area (Å²) in [7, 11) is 0. The summed E-state index contributed by atoms with van der Waals surface area (Å²) in [5.41, 5.74) is 0.686. The Hall–Kier alpha value is -3.05. The van der Waals surface area contributed by atoms with E-state index in [2.05, 4.69) is 15.5 Å². The second kappa shape index (κ2) is 8.31. The van der Waals surface area contributed by atoms with E-state index in [0.717, 1.165) is 21.7 Å². The molecule has 1 aromatic carbocycles. The Kier molecular flexibility index (Phi) is 5.85. The summed E-state index contributed by atoms with van der Waals surface area (Å²) in [6.45, 7) is 1.48. The summed E-state index contributed by atoms with van der Waals surface area (Å²) >= 11 is 1.95. The lowest BCUT2D eigenvalue weighted by molar-refractivity contribution is -0.127. The zero-order chi connectivity index (χ0) is 20.3. The number of carboxylic acid groups (broad SMARTS) is 1. The van der Waals surface area contributed by atoms with Crippen LogP contribution in [0.4, 0.5) is 9.93 Å². The fourth-order valence-electron chi connectivity index (χ4n) is 2.26. The Balaban J connectivity index is 1.67. The van der Waals surface area contributed by atoms with E-state index in [9.17, 15) is 19.2 Å². The minimum Gasteiger partial charge on any atom is -0.478 e. The lowest BCUT2D eigenvalue weighted by Crippen LogP contribution is -2.36. The van der Waals surface area contributed by atoms with Crippen molar-refractivity contribution < 1.29 is 24.3 Å². The summed E-state index contributed by atoms with van der Waals surface area (Å²) in [6, 6.07) is 5.87. The number of carbonyl (C=O) groups is 4. The van der Waals surface area contributed by atoms with Crippen LogP contribution in [0.5, 0.6) is 0 Å². The summed E-state index contributed by atoms with van der Waals surface area (Å²) in [6.07, 6.45) is 2.17. The minimum absolute atomic E-state index is 0.116. The fourth-order valence-corrected chi connectivity index (χ4v) is 3.79. The average molecular weight is 418 g/mol. The molecule has 3 rings (SSSR count). The Labute approximate surface area is 167 Å². The molecular formula is C17H14N4O5S2. The van der Waals surface area contributed by atoms with E-state index < -0.39 is 29.6 Å². The average Bonchev–Trinajstić information content (AvgIpc) is 3.22. The van der Waals surface area contributed by atoms with Gasteiger partial charge in [0.25, 0.3) is 11.1 Å². The molecule has 2 heterocycles. The fraction of sp³-hybridized carbons (Fsp3) is 0.176. The zero-order valence-electron chi connectivity index (χ0n) is 14.5. The number of rotatable bonds is 6. The lowest BCUT2D eigenvalue weighted by atomic mass is 10.1. The van der Waals surface area contributed by atoms with Crippen LogP contribution in [0.3, 0.4) is 0 Å². The number of aromatic nitrogens is 2. The van der Waals surface area contributed by atoms with E-state index in [0.29, 0.717) is 17.1 Å². The zero-order valence-corrected chi connectivity index (χ0v) is 16.2. The molecule has 3 amide bonds. The molecule has 0 unspecified atom stereocenters. The predicted molar refractivity (Wildman–Crippen MR) is 104 cm³/mol. The first kappa shape index (κ1) is 19.7. The first-order valence-electron chi connectivity index (χ1n) is 8.08. The number of carbonyl (C=O) groups excluding carboxylic acids is 3. The molecule has 11 heteroatoms. The van der Waals surface area contributed by atoms with Gasteiger partial charge in [-0.15, -0.1) is 10.2 Å². The number of hydrogen-bond donors (Lipinski definition) is 2. The van der Waals surface area contributed by atoms with Crippen molar-refractivity contribution in [3.05, 3.63) is 45.3 Å². The monoisotopic (exact) mass is 418 g/mol. The first-order chi connectivity index (χ1) is 13.4. The highest BCUT2D eigenvalue weighted by atomic mass is 32.2. The van der Waals surface area contributed by atoms with Gasteiger partial charge in [0, 0.05) is 0 Å². The van der Waals surface area contributed by atoms with Crippen molar-refractivity contribution in [2.75, 3.05) is 11.9 Å². The molecule has 1 saturated heterocycles. The summed E-state index contributed by atoms with van der Waals surface area (Å²) < 4.78 is 0. The largest absolute Gasteiger partial charge is 0.478 e. The molecule has 144 valence electrons. The van der Waals surface area contributed by atoms with Crippen LogP contribution in [0.2, 0.25) is 0 Å². The molecule has 2 aromatic rings. The smallest absolute Gasteiger partial charge is 0.335 e. The number of amides is 3. The number of nitrogens with one attached hydrogen (secondary N) is 1. The van der Waals surface area contributed by atoms with Crippen LogP contribution in [-0.4, -0.2) is 49.8 Å². The van der Waals surface area contributed by atoms with Crippen LogP contribution in [0.1, 0.15) is 27.9 Å². The molecular weight excluding hydrogens is 404 g/mol. The second-order valence-electron chi connectivity index (χ2n) is 5.60. The maximum absolute atomic E-state index is 12.5. The topological polar surface area (TPSA) is 130 Å². The van der Waals surface area contributed by atoms with Crippen molar-refractivity contribution in [2.45, 2.75) is 13.3 Å². The molecule has 0 bridgehead atoms. The highest BCUT2D eigenvalue weighted by Crippen LogP contribution is 2.32. The molecule has 0 spiro atoms. The Morgan fingerprint density at radius 3 is 2.54 bits per heavy atom. The van der Waals surface area contributed by atoms with Crippen molar-refractivity contribution in [1.82, 2.24) is 15.1 Å². The molecule has 0 atom stereocenters. The number of hydrogen-bond acceptors (Lipinski definition) is 8. The summed E-state index contributed by atoms with van der Waals surface area (Å²) in [5.74, 6) is -2.19. The van der Waals surface area contributed by atoms with Gasteiger partial charge in [0.1, 0.15) is 11.6 Å². The van der Waals surface area contributed by atoms with Gasteiger partial charge in [-0.25, -0.2) is 4.79 Å². The van der Waals surface area contributed by atoms with Gasteiger partial charge in [0.15, 0.2) is 0 Å². The molecule has 2 N–H and O–H groups in total. The molecule has 1 fully saturated rings. The SMILES string of the molecule is CCc1nnc(NC(=O)CN2C(=O)S/C(=C/c3ccc(C(=O)O)cc3)C2=O)s1. The van der Waals surface area contributed by atoms with E-state index in [1.54, 1.807) is 0 Å². The van der Waals surface area contributed by atoms with Crippen molar-refractivity contribution in [1.29, 1.82) is 0 Å². The number of benzene rings is 1. The van der Waals surface area contributed by atoms with Crippen molar-refractivity contribution in [2.24, 2.45) is 0 Å². The van der Waals surface area contributed by atoms with E-state index in [1.807, 2.05) is 6.92 Å². The third-order valence-corrected chi connectivity index (χ3v) is 5.54. The van der Waals surface area contributed by atoms with Crippen molar-refractivity contribution in [3.8, 4) is 0 Å². The quantitative estimate of drug-likeness (QED) is 0.685. The molecule has 0 aliphatic carbocycles. The lowest BCUT2D eigenvalue weighted by Gasteiger charge is -2.11. The maximum Gasteiger partial charge on any atom is 0.335 e. The van der Waals surface area contributed by atoms with E-state index in [-0.39, 0.29) is 10.5 Å². The van der Waals surface area contributed by atoms with Gasteiger partial charge in [-0.1, -0.05) is 30.4 Å². The maximum atomic E-state index is 12.5. The van der Waals surface area contributed by atoms with E-state index in [4.69, 9.17) is 5.11 Å². The van der Waals surface area contributed by atoms with Gasteiger partial charge < -0.3 is 5.11 Å². The van der Waals surface area contributed by atoms with Gasteiger partial charge in [-0.2, -0.15) is 0 Å². The molecule has 1 aliphatic heterocycles. The third kappa shape index (κ3) is 4.43. The van der Waals surface area contributed by atoms with Gasteiger partial charge >= 0.3 is 5.97 Å². The number of imide groups is 1. The number of aromatic carboxylic acids is 1. The van der Waals surface area contributed by atoms with Crippen LogP contribution in [0, 0.1) is 0 Å². The Morgan fingerprint density at radius 1 is 1.21 bits per heavy atom. The number of aryl methyl sites for hydroxylation is 1. The van der Waals surface area contributed by atoms with Crippen LogP contribution in [0.15, 0.2) is 29.2 Å². The normalized spacial score (nSPS) is 15.3. The van der Waals surface area contributed by atoms with Gasteiger partial charge in [-0.05, 0) is 42.0 Å². The first-order valence-corrected chi connectivity index (χ1v) is 9.71.